The van der Waals surface area contributed by atoms with Crippen LogP contribution in [0.2, 0.25) is 0 Å². The second kappa shape index (κ2) is 5.09. The molecule has 4 heteroatoms. The predicted molar refractivity (Wildman–Crippen MR) is 75.5 cm³/mol. The zero-order valence-electron chi connectivity index (χ0n) is 12.1. The first kappa shape index (κ1) is 13.4. The molecule has 1 amide bonds. The zero-order chi connectivity index (χ0) is 14.2. The molecule has 1 atom stereocenters. The number of carbonyl (C=O) groups is 1. The van der Waals surface area contributed by atoms with Crippen LogP contribution in [0.25, 0.3) is 0 Å². The number of piperidine rings is 1. The van der Waals surface area contributed by atoms with Crippen molar-refractivity contribution >= 4 is 5.91 Å². The topological polar surface area (TPSA) is 38.8 Å². The number of benzene rings is 1. The highest BCUT2D eigenvalue weighted by atomic mass is 16.6. The van der Waals surface area contributed by atoms with Crippen molar-refractivity contribution in [2.24, 2.45) is 0 Å². The van der Waals surface area contributed by atoms with Crippen LogP contribution in [-0.4, -0.2) is 35.6 Å². The highest BCUT2D eigenvalue weighted by molar-refractivity contribution is 5.73. The van der Waals surface area contributed by atoms with Gasteiger partial charge in [-0.1, -0.05) is 18.2 Å². The Labute approximate surface area is 119 Å². The number of amides is 1. The number of rotatable bonds is 0. The van der Waals surface area contributed by atoms with Gasteiger partial charge in [0, 0.05) is 25.6 Å². The normalized spacial score (nSPS) is 24.7. The van der Waals surface area contributed by atoms with E-state index in [0.717, 1.165) is 37.2 Å². The number of ether oxygens (including phenoxy) is 2. The molecule has 0 aromatic heterocycles. The largest absolute Gasteiger partial charge is 0.487 e. The van der Waals surface area contributed by atoms with Gasteiger partial charge in [-0.15, -0.1) is 0 Å². The summed E-state index contributed by atoms with van der Waals surface area (Å²) in [7, 11) is 0. The van der Waals surface area contributed by atoms with E-state index in [4.69, 9.17) is 9.47 Å². The van der Waals surface area contributed by atoms with E-state index in [1.165, 1.54) is 0 Å². The second-order valence-electron chi connectivity index (χ2n) is 5.73. The van der Waals surface area contributed by atoms with Crippen molar-refractivity contribution in [3.05, 3.63) is 29.8 Å². The SMILES string of the molecule is CC(=O)N1CCC2(CC1)OCc1ccccc1OC2C. The molecule has 0 aliphatic carbocycles. The smallest absolute Gasteiger partial charge is 0.219 e. The number of para-hydroxylation sites is 1. The maximum Gasteiger partial charge on any atom is 0.219 e. The lowest BCUT2D eigenvalue weighted by molar-refractivity contribution is -0.149. The van der Waals surface area contributed by atoms with Crippen molar-refractivity contribution in [2.45, 2.75) is 45.0 Å². The zero-order valence-corrected chi connectivity index (χ0v) is 12.1. The van der Waals surface area contributed by atoms with Crippen LogP contribution in [0.1, 0.15) is 32.3 Å². The van der Waals surface area contributed by atoms with Crippen molar-refractivity contribution in [2.75, 3.05) is 13.1 Å². The van der Waals surface area contributed by atoms with Crippen molar-refractivity contribution in [1.29, 1.82) is 0 Å². The molecule has 0 N–H and O–H groups in total. The van der Waals surface area contributed by atoms with E-state index in [2.05, 4.69) is 6.92 Å². The first-order chi connectivity index (χ1) is 9.61. The molecule has 1 fully saturated rings. The lowest BCUT2D eigenvalue weighted by atomic mass is 9.86. The number of likely N-dealkylation sites (tertiary alicyclic amines) is 1. The van der Waals surface area contributed by atoms with Crippen LogP contribution < -0.4 is 4.74 Å². The molecule has 20 heavy (non-hydrogen) atoms. The fourth-order valence-corrected chi connectivity index (χ4v) is 3.13. The predicted octanol–water partition coefficient (Wildman–Crippen LogP) is 2.37. The Morgan fingerprint density at radius 1 is 1.30 bits per heavy atom. The van der Waals surface area contributed by atoms with Crippen LogP contribution in [0.5, 0.6) is 5.75 Å². The van der Waals surface area contributed by atoms with Crippen LogP contribution in [0.4, 0.5) is 0 Å². The van der Waals surface area contributed by atoms with Crippen molar-refractivity contribution in [1.82, 2.24) is 4.90 Å². The van der Waals surface area contributed by atoms with Crippen LogP contribution in [0.3, 0.4) is 0 Å². The van der Waals surface area contributed by atoms with Gasteiger partial charge in [-0.05, 0) is 25.8 Å². The van der Waals surface area contributed by atoms with Gasteiger partial charge < -0.3 is 14.4 Å². The molecule has 1 aromatic carbocycles. The van der Waals surface area contributed by atoms with E-state index < -0.39 is 0 Å². The minimum atomic E-state index is -0.273. The lowest BCUT2D eigenvalue weighted by Gasteiger charge is -2.43. The Balaban J connectivity index is 1.78. The van der Waals surface area contributed by atoms with E-state index in [9.17, 15) is 4.79 Å². The Morgan fingerprint density at radius 3 is 2.70 bits per heavy atom. The summed E-state index contributed by atoms with van der Waals surface area (Å²) in [5.74, 6) is 1.07. The molecule has 4 nitrogen and oxygen atoms in total. The van der Waals surface area contributed by atoms with E-state index in [1.807, 2.05) is 29.2 Å². The molecule has 1 aromatic rings. The molecule has 0 radical (unpaired) electrons. The van der Waals surface area contributed by atoms with Crippen molar-refractivity contribution < 1.29 is 14.3 Å². The highest BCUT2D eigenvalue weighted by Gasteiger charge is 2.44. The molecule has 2 heterocycles. The third-order valence-electron chi connectivity index (χ3n) is 4.59. The maximum atomic E-state index is 11.5. The van der Waals surface area contributed by atoms with Gasteiger partial charge in [0.05, 0.1) is 6.61 Å². The number of nitrogens with zero attached hydrogens (tertiary/aromatic N) is 1. The summed E-state index contributed by atoms with van der Waals surface area (Å²) in [6.45, 7) is 5.78. The van der Waals surface area contributed by atoms with Crippen LogP contribution in [0.15, 0.2) is 24.3 Å². The first-order valence-corrected chi connectivity index (χ1v) is 7.25. The Bertz CT molecular complexity index is 506. The Morgan fingerprint density at radius 2 is 2.00 bits per heavy atom. The Kier molecular flexibility index (Phi) is 3.42. The van der Waals surface area contributed by atoms with Gasteiger partial charge in [0.15, 0.2) is 0 Å². The van der Waals surface area contributed by atoms with Crippen LogP contribution in [0, 0.1) is 0 Å². The summed E-state index contributed by atoms with van der Waals surface area (Å²) in [4.78, 5) is 13.3. The minimum Gasteiger partial charge on any atom is -0.487 e. The first-order valence-electron chi connectivity index (χ1n) is 7.25. The number of hydrogen-bond acceptors (Lipinski definition) is 3. The molecule has 0 saturated carbocycles. The van der Waals surface area contributed by atoms with E-state index in [1.54, 1.807) is 6.92 Å². The molecule has 3 rings (SSSR count). The van der Waals surface area contributed by atoms with E-state index >= 15 is 0 Å². The number of hydrogen-bond donors (Lipinski definition) is 0. The minimum absolute atomic E-state index is 0.000239. The molecule has 1 saturated heterocycles. The fourth-order valence-electron chi connectivity index (χ4n) is 3.13. The van der Waals surface area contributed by atoms with Gasteiger partial charge in [0.25, 0.3) is 0 Å². The van der Waals surface area contributed by atoms with Crippen LogP contribution in [-0.2, 0) is 16.1 Å². The average Bonchev–Trinajstić information content (AvgIpc) is 2.58. The monoisotopic (exact) mass is 275 g/mol. The number of carbonyl (C=O) groups excluding carboxylic acids is 1. The lowest BCUT2D eigenvalue weighted by Crippen LogP contribution is -2.54. The summed E-state index contributed by atoms with van der Waals surface area (Å²) in [6.07, 6.45) is 1.67. The standard InChI is InChI=1S/C16H21NO3/c1-12-16(7-9-17(10-8-16)13(2)18)19-11-14-5-3-4-6-15(14)20-12/h3-6,12H,7-11H2,1-2H3. The van der Waals surface area contributed by atoms with Crippen LogP contribution >= 0.6 is 0 Å². The van der Waals surface area contributed by atoms with Crippen molar-refractivity contribution in [3.8, 4) is 5.75 Å². The van der Waals surface area contributed by atoms with Gasteiger partial charge in [0.2, 0.25) is 5.91 Å². The summed E-state index contributed by atoms with van der Waals surface area (Å²) < 4.78 is 12.4. The fraction of sp³-hybridized carbons (Fsp3) is 0.562. The molecule has 0 bridgehead atoms. The summed E-state index contributed by atoms with van der Waals surface area (Å²) in [5.41, 5.74) is 0.829. The molecule has 2 aliphatic heterocycles. The van der Waals surface area contributed by atoms with Crippen molar-refractivity contribution in [3.63, 3.8) is 0 Å². The summed E-state index contributed by atoms with van der Waals surface area (Å²) in [6, 6.07) is 8.04. The molecule has 2 aliphatic rings. The Hall–Kier alpha value is -1.55. The number of fused-ring (bicyclic) bond motifs is 1. The molecule has 1 unspecified atom stereocenters. The van der Waals surface area contributed by atoms with Gasteiger partial charge in [-0.25, -0.2) is 0 Å². The van der Waals surface area contributed by atoms with E-state index in [0.29, 0.717) is 6.61 Å². The van der Waals surface area contributed by atoms with Gasteiger partial charge in [-0.2, -0.15) is 0 Å². The summed E-state index contributed by atoms with van der Waals surface area (Å²) in [5, 5.41) is 0. The molecule has 108 valence electrons. The molecule has 1 spiro atoms. The van der Waals surface area contributed by atoms with E-state index in [-0.39, 0.29) is 17.6 Å². The maximum absolute atomic E-state index is 11.5. The van der Waals surface area contributed by atoms with Gasteiger partial charge in [-0.3, -0.25) is 4.79 Å². The third kappa shape index (κ3) is 2.29. The third-order valence-corrected chi connectivity index (χ3v) is 4.59. The molecular formula is C16H21NO3. The average molecular weight is 275 g/mol. The quantitative estimate of drug-likeness (QED) is 0.729. The van der Waals surface area contributed by atoms with Gasteiger partial charge in [0.1, 0.15) is 17.5 Å². The summed E-state index contributed by atoms with van der Waals surface area (Å²) >= 11 is 0. The second-order valence-corrected chi connectivity index (χ2v) is 5.73. The molecular weight excluding hydrogens is 254 g/mol. The highest BCUT2D eigenvalue weighted by Crippen LogP contribution is 2.37. The van der Waals surface area contributed by atoms with Gasteiger partial charge >= 0.3 is 0 Å².